The Morgan fingerprint density at radius 3 is 2.33 bits per heavy atom. The van der Waals surface area contributed by atoms with Crippen molar-refractivity contribution < 1.29 is 20.1 Å². The highest BCUT2D eigenvalue weighted by Gasteiger charge is 2.21. The molecule has 0 bridgehead atoms. The number of hydrogen-bond acceptors (Lipinski definition) is 4. The van der Waals surface area contributed by atoms with Crippen LogP contribution in [0.2, 0.25) is 0 Å². The molecule has 1 atom stereocenters. The van der Waals surface area contributed by atoms with E-state index in [-0.39, 0.29) is 13.0 Å². The Balaban J connectivity index is 3.73. The minimum absolute atomic E-state index is 0.189. The zero-order valence-electron chi connectivity index (χ0n) is 9.36. The fourth-order valence-corrected chi connectivity index (χ4v) is 1.25. The Bertz CT molecular complexity index is 192. The van der Waals surface area contributed by atoms with E-state index in [1.165, 1.54) is 0 Å². The van der Waals surface area contributed by atoms with E-state index in [2.05, 4.69) is 5.32 Å². The molecule has 0 aromatic heterocycles. The average Bonchev–Trinajstić information content (AvgIpc) is 2.16. The number of aliphatic hydroxyl groups excluding tert-OH is 1. The molecular weight excluding hydrogens is 198 g/mol. The second-order valence-electron chi connectivity index (χ2n) is 3.81. The molecule has 0 heterocycles. The first-order chi connectivity index (χ1) is 6.93. The lowest BCUT2D eigenvalue weighted by molar-refractivity contribution is -0.139. The molecule has 0 aliphatic rings. The van der Waals surface area contributed by atoms with E-state index < -0.39 is 17.7 Å². The van der Waals surface area contributed by atoms with Gasteiger partial charge in [-0.15, -0.1) is 0 Å². The molecule has 4 N–H and O–H groups in total. The highest BCUT2D eigenvalue weighted by Crippen LogP contribution is 2.12. The summed E-state index contributed by atoms with van der Waals surface area (Å²) in [6, 6.07) is 0. The number of aliphatic carboxylic acids is 1. The fraction of sp³-hybridized carbons (Fsp3) is 0.900. The first kappa shape index (κ1) is 14.3. The van der Waals surface area contributed by atoms with Gasteiger partial charge in [0.25, 0.3) is 0 Å². The molecule has 0 aliphatic heterocycles. The summed E-state index contributed by atoms with van der Waals surface area (Å²) in [4.78, 5) is 10.2. The first-order valence-corrected chi connectivity index (χ1v) is 5.26. The van der Waals surface area contributed by atoms with E-state index >= 15 is 0 Å². The largest absolute Gasteiger partial charge is 0.481 e. The predicted octanol–water partition coefficient (Wildman–Crippen LogP) is -0.0373. The quantitative estimate of drug-likeness (QED) is 0.460. The molecular formula is C10H21NO4. The van der Waals surface area contributed by atoms with Crippen LogP contribution in [0, 0.1) is 0 Å². The van der Waals surface area contributed by atoms with Gasteiger partial charge in [0.1, 0.15) is 0 Å². The Morgan fingerprint density at radius 1 is 1.40 bits per heavy atom. The van der Waals surface area contributed by atoms with E-state index in [4.69, 9.17) is 5.11 Å². The summed E-state index contributed by atoms with van der Waals surface area (Å²) in [5.41, 5.74) is -0.761. The maximum atomic E-state index is 10.2. The van der Waals surface area contributed by atoms with Gasteiger partial charge in [-0.1, -0.05) is 13.8 Å². The van der Waals surface area contributed by atoms with Gasteiger partial charge in [-0.2, -0.15) is 0 Å². The Labute approximate surface area is 90.1 Å². The molecule has 90 valence electrons. The zero-order chi connectivity index (χ0) is 11.9. The van der Waals surface area contributed by atoms with Crippen molar-refractivity contribution in [3.05, 3.63) is 0 Å². The third kappa shape index (κ3) is 6.43. The first-order valence-electron chi connectivity index (χ1n) is 5.26. The third-order valence-electron chi connectivity index (χ3n) is 2.56. The van der Waals surface area contributed by atoms with E-state index in [0.29, 0.717) is 19.4 Å². The van der Waals surface area contributed by atoms with Crippen LogP contribution < -0.4 is 5.32 Å². The number of nitrogens with one attached hydrogen (secondary N) is 1. The van der Waals surface area contributed by atoms with E-state index in [1.807, 2.05) is 13.8 Å². The minimum Gasteiger partial charge on any atom is -0.481 e. The van der Waals surface area contributed by atoms with Gasteiger partial charge >= 0.3 is 5.97 Å². The topological polar surface area (TPSA) is 89.8 Å². The molecule has 0 radical (unpaired) electrons. The van der Waals surface area contributed by atoms with Gasteiger partial charge < -0.3 is 20.6 Å². The number of carboxylic acid groups (broad SMARTS) is 1. The normalized spacial score (nSPS) is 13.9. The number of carboxylic acids is 1. The van der Waals surface area contributed by atoms with Crippen LogP contribution >= 0.6 is 0 Å². The van der Waals surface area contributed by atoms with E-state index in [1.54, 1.807) is 0 Å². The Kier molecular flexibility index (Phi) is 6.47. The van der Waals surface area contributed by atoms with Crippen LogP contribution in [-0.2, 0) is 4.79 Å². The number of rotatable bonds is 8. The summed E-state index contributed by atoms with van der Waals surface area (Å²) in [6.07, 6.45) is 0.0845. The van der Waals surface area contributed by atoms with Crippen molar-refractivity contribution in [2.24, 2.45) is 0 Å². The van der Waals surface area contributed by atoms with Gasteiger partial charge in [0.2, 0.25) is 0 Å². The minimum atomic E-state index is -1.02. The van der Waals surface area contributed by atoms with E-state index in [9.17, 15) is 15.0 Å². The standard InChI is InChI=1S/C10H21NO4/c1-3-10(15,4-2)7-11-6-8(12)5-9(13)14/h8,11-12,15H,3-7H2,1-2H3,(H,13,14). The third-order valence-corrected chi connectivity index (χ3v) is 2.56. The highest BCUT2D eigenvalue weighted by atomic mass is 16.4. The lowest BCUT2D eigenvalue weighted by Crippen LogP contribution is -2.42. The van der Waals surface area contributed by atoms with Gasteiger partial charge in [-0.25, -0.2) is 0 Å². The van der Waals surface area contributed by atoms with Crippen LogP contribution in [0.1, 0.15) is 33.1 Å². The molecule has 0 saturated heterocycles. The maximum Gasteiger partial charge on any atom is 0.306 e. The summed E-state index contributed by atoms with van der Waals surface area (Å²) >= 11 is 0. The summed E-state index contributed by atoms with van der Waals surface area (Å²) in [5.74, 6) is -1.02. The maximum absolute atomic E-state index is 10.2. The molecule has 0 aromatic carbocycles. The van der Waals surface area contributed by atoms with Crippen molar-refractivity contribution >= 4 is 5.97 Å². The molecule has 5 heteroatoms. The molecule has 15 heavy (non-hydrogen) atoms. The van der Waals surface area contributed by atoms with Gasteiger partial charge in [0.15, 0.2) is 0 Å². The Morgan fingerprint density at radius 2 is 1.93 bits per heavy atom. The smallest absolute Gasteiger partial charge is 0.306 e. The Hall–Kier alpha value is -0.650. The monoisotopic (exact) mass is 219 g/mol. The molecule has 1 unspecified atom stereocenters. The molecule has 0 aliphatic carbocycles. The van der Waals surface area contributed by atoms with Crippen LogP contribution in [-0.4, -0.2) is 46.1 Å². The highest BCUT2D eigenvalue weighted by molar-refractivity contribution is 5.67. The second kappa shape index (κ2) is 6.76. The van der Waals surface area contributed by atoms with Gasteiger partial charge in [0, 0.05) is 13.1 Å². The van der Waals surface area contributed by atoms with Crippen molar-refractivity contribution in [2.75, 3.05) is 13.1 Å². The van der Waals surface area contributed by atoms with Gasteiger partial charge in [0.05, 0.1) is 18.1 Å². The van der Waals surface area contributed by atoms with Crippen molar-refractivity contribution in [3.63, 3.8) is 0 Å². The van der Waals surface area contributed by atoms with Crippen LogP contribution in [0.5, 0.6) is 0 Å². The average molecular weight is 219 g/mol. The number of carbonyl (C=O) groups is 1. The molecule has 0 saturated carbocycles. The number of hydrogen-bond donors (Lipinski definition) is 4. The van der Waals surface area contributed by atoms with Crippen LogP contribution in [0.3, 0.4) is 0 Å². The zero-order valence-corrected chi connectivity index (χ0v) is 9.36. The molecule has 0 spiro atoms. The summed E-state index contributed by atoms with van der Waals surface area (Å²) in [6.45, 7) is 4.34. The van der Waals surface area contributed by atoms with Gasteiger partial charge in [-0.05, 0) is 12.8 Å². The van der Waals surface area contributed by atoms with Crippen molar-refractivity contribution in [1.29, 1.82) is 0 Å². The SMILES string of the molecule is CCC(O)(CC)CNCC(O)CC(=O)O. The lowest BCUT2D eigenvalue weighted by atomic mass is 9.97. The fourth-order valence-electron chi connectivity index (χ4n) is 1.25. The molecule has 0 amide bonds. The molecule has 5 nitrogen and oxygen atoms in total. The summed E-state index contributed by atoms with van der Waals surface area (Å²) in [5, 5.41) is 30.4. The van der Waals surface area contributed by atoms with E-state index in [0.717, 1.165) is 0 Å². The van der Waals surface area contributed by atoms with Gasteiger partial charge in [-0.3, -0.25) is 4.79 Å². The molecule has 0 rings (SSSR count). The van der Waals surface area contributed by atoms with Crippen LogP contribution in [0.15, 0.2) is 0 Å². The summed E-state index contributed by atoms with van der Waals surface area (Å²) in [7, 11) is 0. The van der Waals surface area contributed by atoms with Crippen molar-refractivity contribution in [3.8, 4) is 0 Å². The molecule has 0 aromatic rings. The van der Waals surface area contributed by atoms with Crippen molar-refractivity contribution in [2.45, 2.75) is 44.8 Å². The summed E-state index contributed by atoms with van der Waals surface area (Å²) < 4.78 is 0. The lowest BCUT2D eigenvalue weighted by Gasteiger charge is -2.26. The molecule has 0 fully saturated rings. The van der Waals surface area contributed by atoms with Crippen LogP contribution in [0.4, 0.5) is 0 Å². The predicted molar refractivity (Wildman–Crippen MR) is 56.7 cm³/mol. The number of aliphatic hydroxyl groups is 2. The second-order valence-corrected chi connectivity index (χ2v) is 3.81. The van der Waals surface area contributed by atoms with Crippen molar-refractivity contribution in [1.82, 2.24) is 5.32 Å². The van der Waals surface area contributed by atoms with Crippen LogP contribution in [0.25, 0.3) is 0 Å².